The van der Waals surface area contributed by atoms with Gasteiger partial charge in [-0.05, 0) is 25.2 Å². The zero-order valence-corrected chi connectivity index (χ0v) is 33.6. The topological polar surface area (TPSA) is 157 Å². The van der Waals surface area contributed by atoms with E-state index in [0.717, 1.165) is 44.4 Å². The highest BCUT2D eigenvalue weighted by molar-refractivity contribution is 5.86. The maximum absolute atomic E-state index is 13.4. The second-order valence-corrected chi connectivity index (χ2v) is 15.8. The van der Waals surface area contributed by atoms with Crippen molar-refractivity contribution in [2.45, 2.75) is 231 Å². The van der Waals surface area contributed by atoms with Crippen LogP contribution < -0.4 is 0 Å². The Hall–Kier alpha value is -0.910. The SMILES string of the molecule is CCCCCCCCCCCCCCCCCC[C@@H](O)C(=O)[C@@H](CO[C@@H]1O[C@H](CO)[C@H](O)[C@H](O)[C@H]1O)[C@H](O)/C=C/CCCCCCCCC(C)CC. The molecule has 0 bridgehead atoms. The third-order valence-corrected chi connectivity index (χ3v) is 11.1. The number of allylic oxidation sites excluding steroid dienone is 1. The molecule has 9 heteroatoms. The molecule has 1 aliphatic heterocycles. The molecular formula is C43H82O9. The second-order valence-electron chi connectivity index (χ2n) is 15.8. The van der Waals surface area contributed by atoms with Gasteiger partial charge in [-0.25, -0.2) is 0 Å². The van der Waals surface area contributed by atoms with Crippen molar-refractivity contribution in [1.82, 2.24) is 0 Å². The first-order chi connectivity index (χ1) is 25.2. The number of hydrogen-bond donors (Lipinski definition) is 6. The highest BCUT2D eigenvalue weighted by Gasteiger charge is 2.44. The standard InChI is InChI=1S/C43H82O9/c1-4-6-7-8-9-10-11-12-13-14-15-16-17-22-25-28-31-37(46)39(47)35(33-51-43-42(50)41(49)40(48)38(32-44)52-43)36(45)30-27-24-21-19-18-20-23-26-29-34(3)5-2/h27,30,34-38,40-46,48-50H,4-26,28-29,31-33H2,1-3H3/b30-27+/t34?,35-,36+,37+,38+,40-,41-,42+,43+/m0/s1. The fourth-order valence-corrected chi connectivity index (χ4v) is 7.06. The van der Waals surface area contributed by atoms with Gasteiger partial charge in [0.05, 0.1) is 25.2 Å². The number of rotatable bonds is 35. The lowest BCUT2D eigenvalue weighted by Gasteiger charge is -2.40. The maximum atomic E-state index is 13.4. The molecule has 1 unspecified atom stereocenters. The molecule has 0 aromatic rings. The number of aliphatic hydroxyl groups excluding tert-OH is 6. The summed E-state index contributed by atoms with van der Waals surface area (Å²) in [6, 6.07) is 0. The molecular weight excluding hydrogens is 660 g/mol. The molecule has 1 saturated heterocycles. The molecule has 1 aliphatic rings. The van der Waals surface area contributed by atoms with Gasteiger partial charge in [0.1, 0.15) is 30.5 Å². The number of carbonyl (C=O) groups is 1. The molecule has 1 rings (SSSR count). The third kappa shape index (κ3) is 22.5. The van der Waals surface area contributed by atoms with Crippen LogP contribution in [0.5, 0.6) is 0 Å². The van der Waals surface area contributed by atoms with E-state index in [9.17, 15) is 35.4 Å². The first kappa shape index (κ1) is 49.1. The Morgan fingerprint density at radius 2 is 1.15 bits per heavy atom. The number of carbonyl (C=O) groups excluding carboxylic acids is 1. The van der Waals surface area contributed by atoms with E-state index in [1.165, 1.54) is 116 Å². The van der Waals surface area contributed by atoms with E-state index in [1.807, 2.05) is 6.08 Å². The summed E-state index contributed by atoms with van der Waals surface area (Å²) in [7, 11) is 0. The molecule has 0 spiro atoms. The Balaban J connectivity index is 2.47. The summed E-state index contributed by atoms with van der Waals surface area (Å²) in [6.45, 7) is 5.83. The van der Waals surface area contributed by atoms with Crippen LogP contribution in [0, 0.1) is 11.8 Å². The maximum Gasteiger partial charge on any atom is 0.186 e. The molecule has 0 saturated carbocycles. The first-order valence-corrected chi connectivity index (χ1v) is 21.7. The zero-order valence-electron chi connectivity index (χ0n) is 33.6. The Kier molecular flexibility index (Phi) is 30.5. The van der Waals surface area contributed by atoms with Gasteiger partial charge in [-0.2, -0.15) is 0 Å². The lowest BCUT2D eigenvalue weighted by molar-refractivity contribution is -0.303. The van der Waals surface area contributed by atoms with Gasteiger partial charge in [-0.3, -0.25) is 4.79 Å². The quantitative estimate of drug-likeness (QED) is 0.0279. The van der Waals surface area contributed by atoms with E-state index in [-0.39, 0.29) is 6.61 Å². The van der Waals surface area contributed by atoms with Crippen molar-refractivity contribution >= 4 is 5.78 Å². The van der Waals surface area contributed by atoms with Crippen molar-refractivity contribution in [3.63, 3.8) is 0 Å². The van der Waals surface area contributed by atoms with Crippen molar-refractivity contribution in [2.24, 2.45) is 11.8 Å². The van der Waals surface area contributed by atoms with Gasteiger partial charge in [-0.1, -0.05) is 181 Å². The lowest BCUT2D eigenvalue weighted by Crippen LogP contribution is -2.59. The van der Waals surface area contributed by atoms with Crippen LogP contribution in [0.2, 0.25) is 0 Å². The van der Waals surface area contributed by atoms with Crippen molar-refractivity contribution < 1.29 is 44.9 Å². The highest BCUT2D eigenvalue weighted by atomic mass is 16.7. The van der Waals surface area contributed by atoms with Crippen LogP contribution in [0.3, 0.4) is 0 Å². The number of ketones is 1. The number of unbranched alkanes of at least 4 members (excludes halogenated alkanes) is 21. The summed E-state index contributed by atoms with van der Waals surface area (Å²) in [5, 5.41) is 62.1. The van der Waals surface area contributed by atoms with Gasteiger partial charge in [0, 0.05) is 0 Å². The van der Waals surface area contributed by atoms with E-state index >= 15 is 0 Å². The smallest absolute Gasteiger partial charge is 0.186 e. The van der Waals surface area contributed by atoms with Gasteiger partial charge in [0.15, 0.2) is 12.1 Å². The monoisotopic (exact) mass is 743 g/mol. The third-order valence-electron chi connectivity index (χ3n) is 11.1. The molecule has 9 atom stereocenters. The van der Waals surface area contributed by atoms with E-state index in [2.05, 4.69) is 20.8 Å². The number of aliphatic hydroxyl groups is 6. The molecule has 52 heavy (non-hydrogen) atoms. The van der Waals surface area contributed by atoms with Gasteiger partial charge in [0.25, 0.3) is 0 Å². The van der Waals surface area contributed by atoms with Crippen LogP contribution in [-0.4, -0.2) is 92.5 Å². The largest absolute Gasteiger partial charge is 0.394 e. The van der Waals surface area contributed by atoms with Crippen molar-refractivity contribution in [2.75, 3.05) is 13.2 Å². The number of ether oxygens (including phenoxy) is 2. The minimum absolute atomic E-state index is 0.293. The first-order valence-electron chi connectivity index (χ1n) is 21.7. The zero-order chi connectivity index (χ0) is 38.4. The van der Waals surface area contributed by atoms with Gasteiger partial charge in [-0.15, -0.1) is 0 Å². The predicted octanol–water partition coefficient (Wildman–Crippen LogP) is 8.08. The van der Waals surface area contributed by atoms with Crippen LogP contribution in [0.15, 0.2) is 12.2 Å². The predicted molar refractivity (Wildman–Crippen MR) is 210 cm³/mol. The lowest BCUT2D eigenvalue weighted by atomic mass is 9.91. The molecule has 1 heterocycles. The van der Waals surface area contributed by atoms with Gasteiger partial charge < -0.3 is 40.1 Å². The molecule has 9 nitrogen and oxygen atoms in total. The molecule has 6 N–H and O–H groups in total. The van der Waals surface area contributed by atoms with E-state index < -0.39 is 61.2 Å². The minimum Gasteiger partial charge on any atom is -0.394 e. The summed E-state index contributed by atoms with van der Waals surface area (Å²) in [5.74, 6) is -0.861. The average Bonchev–Trinajstić information content (AvgIpc) is 3.14. The normalized spacial score (nSPS) is 23.2. The van der Waals surface area contributed by atoms with Gasteiger partial charge in [0.2, 0.25) is 0 Å². The molecule has 308 valence electrons. The Bertz CT molecular complexity index is 852. The molecule has 0 aromatic carbocycles. The van der Waals surface area contributed by atoms with E-state index in [4.69, 9.17) is 9.47 Å². The fourth-order valence-electron chi connectivity index (χ4n) is 7.06. The molecule has 0 radical (unpaired) electrons. The summed E-state index contributed by atoms with van der Waals surface area (Å²) in [5.41, 5.74) is 0. The molecule has 1 fully saturated rings. The summed E-state index contributed by atoms with van der Waals surface area (Å²) in [6.07, 6.45) is 24.1. The van der Waals surface area contributed by atoms with Crippen molar-refractivity contribution in [1.29, 1.82) is 0 Å². The van der Waals surface area contributed by atoms with Crippen LogP contribution in [0.1, 0.15) is 188 Å². The van der Waals surface area contributed by atoms with Gasteiger partial charge >= 0.3 is 0 Å². The summed E-state index contributed by atoms with van der Waals surface area (Å²) < 4.78 is 11.1. The van der Waals surface area contributed by atoms with Crippen LogP contribution in [0.4, 0.5) is 0 Å². The Labute approximate surface area is 318 Å². The van der Waals surface area contributed by atoms with Crippen LogP contribution in [-0.2, 0) is 14.3 Å². The Morgan fingerprint density at radius 3 is 1.65 bits per heavy atom. The Morgan fingerprint density at radius 1 is 0.673 bits per heavy atom. The van der Waals surface area contributed by atoms with Crippen molar-refractivity contribution in [3.8, 4) is 0 Å². The summed E-state index contributed by atoms with van der Waals surface area (Å²) >= 11 is 0. The van der Waals surface area contributed by atoms with Crippen LogP contribution >= 0.6 is 0 Å². The fraction of sp³-hybridized carbons (Fsp3) is 0.930. The molecule has 0 aliphatic carbocycles. The highest BCUT2D eigenvalue weighted by Crippen LogP contribution is 2.24. The van der Waals surface area contributed by atoms with Crippen molar-refractivity contribution in [3.05, 3.63) is 12.2 Å². The molecule has 0 aromatic heterocycles. The van der Waals surface area contributed by atoms with E-state index in [1.54, 1.807) is 6.08 Å². The number of Topliss-reactive ketones (excluding diaryl/α,β-unsaturated/α-hetero) is 1. The van der Waals surface area contributed by atoms with Crippen LogP contribution in [0.25, 0.3) is 0 Å². The summed E-state index contributed by atoms with van der Waals surface area (Å²) in [4.78, 5) is 13.4. The average molecular weight is 743 g/mol. The minimum atomic E-state index is -1.62. The second kappa shape index (κ2) is 32.3. The number of hydrogen-bond acceptors (Lipinski definition) is 9. The molecule has 0 amide bonds. The van der Waals surface area contributed by atoms with E-state index in [0.29, 0.717) is 12.8 Å².